The second-order valence-corrected chi connectivity index (χ2v) is 8.44. The molecule has 1 heterocycles. The first-order valence-electron chi connectivity index (χ1n) is 10.8. The first-order valence-corrected chi connectivity index (χ1v) is 11.2. The Morgan fingerprint density at radius 2 is 1.77 bits per heavy atom. The smallest absolute Gasteiger partial charge is 0.407 e. The molecule has 5 N–H and O–H groups in total. The molecule has 1 aliphatic rings. The van der Waals surface area contributed by atoms with Gasteiger partial charge in [0.2, 0.25) is 5.82 Å². The van der Waals surface area contributed by atoms with Gasteiger partial charge in [-0.25, -0.2) is 9.78 Å². The maximum Gasteiger partial charge on any atom is 0.407 e. The van der Waals surface area contributed by atoms with E-state index in [1.807, 2.05) is 48.5 Å². The van der Waals surface area contributed by atoms with E-state index in [4.69, 9.17) is 22.1 Å². The van der Waals surface area contributed by atoms with Crippen molar-refractivity contribution in [1.29, 1.82) is 0 Å². The monoisotopic (exact) mass is 498 g/mol. The fourth-order valence-electron chi connectivity index (χ4n) is 4.20. The van der Waals surface area contributed by atoms with Gasteiger partial charge in [0.05, 0.1) is 11.0 Å². The number of aliphatic hydroxyl groups excluding tert-OH is 2. The number of nitrogens with one attached hydrogen (secondary N) is 1. The van der Waals surface area contributed by atoms with Crippen molar-refractivity contribution in [3.8, 4) is 11.1 Å². The number of nitrogen functional groups attached to an aromatic ring is 1. The summed E-state index contributed by atoms with van der Waals surface area (Å²) in [5, 5.41) is 34.0. The molecule has 2 unspecified atom stereocenters. The highest BCUT2D eigenvalue weighted by Gasteiger charge is 2.29. The molecule has 0 radical (unpaired) electrons. The van der Waals surface area contributed by atoms with Crippen molar-refractivity contribution < 1.29 is 24.7 Å². The first-order chi connectivity index (χ1) is 16.8. The molecule has 10 nitrogen and oxygen atoms in total. The molecule has 35 heavy (non-hydrogen) atoms. The molecular formula is C24H23ClN4O6. The van der Waals surface area contributed by atoms with Gasteiger partial charge in [-0.2, -0.15) is 0 Å². The molecule has 0 fully saturated rings. The number of carbonyl (C=O) groups is 1. The van der Waals surface area contributed by atoms with E-state index < -0.39 is 34.7 Å². The van der Waals surface area contributed by atoms with Crippen LogP contribution in [0.3, 0.4) is 0 Å². The fourth-order valence-corrected chi connectivity index (χ4v) is 4.46. The third-order valence-electron chi connectivity index (χ3n) is 5.94. The van der Waals surface area contributed by atoms with Gasteiger partial charge >= 0.3 is 11.8 Å². The molecule has 3 aromatic rings. The summed E-state index contributed by atoms with van der Waals surface area (Å²) >= 11 is 5.93. The highest BCUT2D eigenvalue weighted by Crippen LogP contribution is 2.44. The maximum absolute atomic E-state index is 12.3. The van der Waals surface area contributed by atoms with Crippen LogP contribution in [-0.2, 0) is 4.74 Å². The van der Waals surface area contributed by atoms with Crippen LogP contribution in [0, 0.1) is 10.1 Å². The van der Waals surface area contributed by atoms with Crippen LogP contribution in [0.2, 0.25) is 5.15 Å². The van der Waals surface area contributed by atoms with E-state index >= 15 is 0 Å². The van der Waals surface area contributed by atoms with Gasteiger partial charge in [-0.05, 0) is 28.7 Å². The number of anilines is 1. The number of carbonyl (C=O) groups excluding carboxylic acids is 1. The lowest BCUT2D eigenvalue weighted by molar-refractivity contribution is -0.384. The van der Waals surface area contributed by atoms with E-state index in [2.05, 4.69) is 10.3 Å². The van der Waals surface area contributed by atoms with E-state index in [1.54, 1.807) is 0 Å². The van der Waals surface area contributed by atoms with Crippen molar-refractivity contribution in [2.75, 3.05) is 18.9 Å². The van der Waals surface area contributed by atoms with Gasteiger partial charge in [-0.1, -0.05) is 60.1 Å². The number of alkyl carbamates (subject to hydrolysis) is 1. The topological polar surface area (TPSA) is 161 Å². The standard InChI is InChI=1S/C24H23ClN4O6/c25-22-17(11-19(29(33)34)23(26)28-22)21(31)20(30)9-10-27-24(32)35-12-18-15-7-3-1-5-13(15)14-6-2-4-8-16(14)18/h1-8,11,18,20-21,30-31H,9-10,12H2,(H2,26,28)(H,27,32). The van der Waals surface area contributed by atoms with Crippen molar-refractivity contribution in [1.82, 2.24) is 10.3 Å². The highest BCUT2D eigenvalue weighted by molar-refractivity contribution is 6.30. The minimum atomic E-state index is -1.57. The summed E-state index contributed by atoms with van der Waals surface area (Å²) in [6.45, 7) is 0.123. The van der Waals surface area contributed by atoms with E-state index in [0.717, 1.165) is 28.3 Å². The largest absolute Gasteiger partial charge is 0.449 e. The molecule has 182 valence electrons. The van der Waals surface area contributed by atoms with Gasteiger partial charge in [-0.15, -0.1) is 0 Å². The van der Waals surface area contributed by atoms with Crippen molar-refractivity contribution in [3.63, 3.8) is 0 Å². The number of nitrogens with two attached hydrogens (primary N) is 1. The van der Waals surface area contributed by atoms with Gasteiger partial charge in [0.15, 0.2) is 0 Å². The van der Waals surface area contributed by atoms with Crippen LogP contribution in [0.5, 0.6) is 0 Å². The predicted octanol–water partition coefficient (Wildman–Crippen LogP) is 3.55. The van der Waals surface area contributed by atoms with Gasteiger partial charge in [0.25, 0.3) is 0 Å². The zero-order chi connectivity index (χ0) is 25.1. The second-order valence-electron chi connectivity index (χ2n) is 8.08. The Labute approximate surface area is 205 Å². The molecule has 0 saturated heterocycles. The van der Waals surface area contributed by atoms with E-state index in [-0.39, 0.29) is 36.2 Å². The van der Waals surface area contributed by atoms with E-state index in [0.29, 0.717) is 0 Å². The van der Waals surface area contributed by atoms with Crippen molar-refractivity contribution in [3.05, 3.63) is 86.6 Å². The lowest BCUT2D eigenvalue weighted by Crippen LogP contribution is -2.30. The van der Waals surface area contributed by atoms with E-state index in [1.165, 1.54) is 0 Å². The molecule has 1 amide bonds. The number of aromatic nitrogens is 1. The number of benzene rings is 2. The Balaban J connectivity index is 1.31. The lowest BCUT2D eigenvalue weighted by atomic mass is 9.98. The molecule has 0 bridgehead atoms. The Hall–Kier alpha value is -3.73. The summed E-state index contributed by atoms with van der Waals surface area (Å²) in [4.78, 5) is 26.2. The van der Waals surface area contributed by atoms with Crippen LogP contribution in [0.1, 0.15) is 35.1 Å². The first kappa shape index (κ1) is 24.4. The second kappa shape index (κ2) is 10.3. The molecule has 0 spiro atoms. The van der Waals surface area contributed by atoms with E-state index in [9.17, 15) is 25.1 Å². The highest BCUT2D eigenvalue weighted by atomic mass is 35.5. The number of ether oxygens (including phenoxy) is 1. The van der Waals surface area contributed by atoms with Crippen LogP contribution < -0.4 is 11.1 Å². The predicted molar refractivity (Wildman–Crippen MR) is 129 cm³/mol. The number of rotatable bonds is 8. The summed E-state index contributed by atoms with van der Waals surface area (Å²) < 4.78 is 5.43. The SMILES string of the molecule is Nc1nc(Cl)c(C(O)C(O)CCNC(=O)OCC2c3ccccc3-c3ccccc32)cc1[N+](=O)[O-]. The number of nitrogens with zero attached hydrogens (tertiary/aromatic N) is 2. The fraction of sp³-hybridized carbons (Fsp3) is 0.250. The molecule has 4 rings (SSSR count). The van der Waals surface area contributed by atoms with Crippen molar-refractivity contribution >= 4 is 29.2 Å². The van der Waals surface area contributed by atoms with Crippen LogP contribution in [-0.4, -0.2) is 45.5 Å². The van der Waals surface area contributed by atoms with Gasteiger partial charge < -0.3 is 26.0 Å². The molecule has 0 aliphatic heterocycles. The van der Waals surface area contributed by atoms with Gasteiger partial charge in [-0.3, -0.25) is 10.1 Å². The van der Waals surface area contributed by atoms with Gasteiger partial charge in [0.1, 0.15) is 17.9 Å². The summed E-state index contributed by atoms with van der Waals surface area (Å²) in [6, 6.07) is 16.9. The number of aliphatic hydroxyl groups is 2. The third kappa shape index (κ3) is 5.04. The molecule has 1 aromatic heterocycles. The Morgan fingerprint density at radius 3 is 2.37 bits per heavy atom. The average Bonchev–Trinajstić information content (AvgIpc) is 3.16. The number of amides is 1. The number of hydrogen-bond donors (Lipinski definition) is 4. The molecule has 11 heteroatoms. The number of halogens is 1. The summed E-state index contributed by atoms with van der Waals surface area (Å²) in [6.07, 6.45) is -3.69. The van der Waals surface area contributed by atoms with Crippen molar-refractivity contribution in [2.45, 2.75) is 24.5 Å². The summed E-state index contributed by atoms with van der Waals surface area (Å²) in [5.74, 6) is -0.487. The third-order valence-corrected chi connectivity index (χ3v) is 6.25. The Kier molecular flexibility index (Phi) is 7.15. The number of hydrogen-bond acceptors (Lipinski definition) is 8. The van der Waals surface area contributed by atoms with Gasteiger partial charge in [0, 0.05) is 24.1 Å². The van der Waals surface area contributed by atoms with Crippen molar-refractivity contribution in [2.24, 2.45) is 0 Å². The molecule has 2 atom stereocenters. The molecule has 1 aliphatic carbocycles. The number of nitro groups is 1. The number of pyridine rings is 1. The normalized spacial score (nSPS) is 14.0. The summed E-state index contributed by atoms with van der Waals surface area (Å²) in [5.41, 5.74) is 9.20. The van der Waals surface area contributed by atoms with Crippen LogP contribution >= 0.6 is 11.6 Å². The van der Waals surface area contributed by atoms with Crippen LogP contribution in [0.15, 0.2) is 54.6 Å². The number of fused-ring (bicyclic) bond motifs is 3. The average molecular weight is 499 g/mol. The zero-order valence-corrected chi connectivity index (χ0v) is 19.2. The maximum atomic E-state index is 12.3. The molecule has 0 saturated carbocycles. The van der Waals surface area contributed by atoms with Crippen LogP contribution in [0.25, 0.3) is 11.1 Å². The molecular weight excluding hydrogens is 476 g/mol. The quantitative estimate of drug-likeness (QED) is 0.208. The minimum Gasteiger partial charge on any atom is -0.449 e. The Morgan fingerprint density at radius 1 is 1.17 bits per heavy atom. The molecule has 2 aromatic carbocycles. The lowest BCUT2D eigenvalue weighted by Gasteiger charge is -2.19. The van der Waals surface area contributed by atoms with Crippen LogP contribution in [0.4, 0.5) is 16.3 Å². The Bertz CT molecular complexity index is 1230. The zero-order valence-electron chi connectivity index (χ0n) is 18.4. The summed E-state index contributed by atoms with van der Waals surface area (Å²) in [7, 11) is 0. The minimum absolute atomic E-state index is 0.0169.